The van der Waals surface area contributed by atoms with Gasteiger partial charge in [-0.3, -0.25) is 9.59 Å². The van der Waals surface area contributed by atoms with Crippen LogP contribution < -0.4 is 15.2 Å². The van der Waals surface area contributed by atoms with Crippen molar-refractivity contribution in [1.82, 2.24) is 4.98 Å². The fourth-order valence-electron chi connectivity index (χ4n) is 4.09. The van der Waals surface area contributed by atoms with Gasteiger partial charge in [0.1, 0.15) is 5.69 Å². The Hall–Kier alpha value is -3.58. The van der Waals surface area contributed by atoms with E-state index in [1.165, 1.54) is 22.9 Å². The molecule has 0 aliphatic carbocycles. The Kier molecular flexibility index (Phi) is 9.85. The van der Waals surface area contributed by atoms with Crippen molar-refractivity contribution in [2.24, 2.45) is 0 Å². The van der Waals surface area contributed by atoms with Crippen LogP contribution in [0.2, 0.25) is 5.02 Å². The highest BCUT2D eigenvalue weighted by Crippen LogP contribution is 2.39. The first-order chi connectivity index (χ1) is 18.8. The van der Waals surface area contributed by atoms with Gasteiger partial charge in [0, 0.05) is 18.1 Å². The highest BCUT2D eigenvalue weighted by Gasteiger charge is 2.29. The SMILES string of the molecule is CCCC(=O)N(Oc1ccc(C(C)(C)CC)cc1C(C)(C)CC)c1cnc(NC(=O)c2ccccc2Cl)c(O)c1. The van der Waals surface area contributed by atoms with Gasteiger partial charge in [0.2, 0.25) is 0 Å². The molecule has 0 aliphatic rings. The molecule has 8 heteroatoms. The zero-order chi connectivity index (χ0) is 29.7. The summed E-state index contributed by atoms with van der Waals surface area (Å²) in [6.45, 7) is 14.9. The molecular formula is C32H40ClN3O4. The maximum atomic E-state index is 13.3. The molecule has 0 unspecified atom stereocenters. The predicted octanol–water partition coefficient (Wildman–Crippen LogP) is 8.20. The lowest BCUT2D eigenvalue weighted by molar-refractivity contribution is -0.122. The third-order valence-corrected chi connectivity index (χ3v) is 7.91. The number of rotatable bonds is 11. The maximum Gasteiger partial charge on any atom is 0.260 e. The maximum absolute atomic E-state index is 13.3. The van der Waals surface area contributed by atoms with E-state index in [9.17, 15) is 14.7 Å². The number of amides is 2. The fraction of sp³-hybridized carbons (Fsp3) is 0.406. The largest absolute Gasteiger partial charge is 0.504 e. The van der Waals surface area contributed by atoms with Crippen molar-refractivity contribution in [2.45, 2.75) is 85.0 Å². The van der Waals surface area contributed by atoms with E-state index in [1.807, 2.05) is 19.1 Å². The summed E-state index contributed by atoms with van der Waals surface area (Å²) in [7, 11) is 0. The first kappa shape index (κ1) is 31.0. The summed E-state index contributed by atoms with van der Waals surface area (Å²) in [4.78, 5) is 36.5. The smallest absolute Gasteiger partial charge is 0.260 e. The van der Waals surface area contributed by atoms with Gasteiger partial charge < -0.3 is 15.3 Å². The van der Waals surface area contributed by atoms with Crippen LogP contribution in [-0.4, -0.2) is 21.9 Å². The number of aromatic hydroxyl groups is 1. The first-order valence-electron chi connectivity index (χ1n) is 13.7. The molecule has 0 saturated carbocycles. The molecule has 0 spiro atoms. The van der Waals surface area contributed by atoms with Crippen LogP contribution in [0.5, 0.6) is 11.5 Å². The lowest BCUT2D eigenvalue weighted by Crippen LogP contribution is -2.35. The molecule has 3 aromatic rings. The van der Waals surface area contributed by atoms with Gasteiger partial charge in [-0.2, -0.15) is 0 Å². The van der Waals surface area contributed by atoms with Crippen LogP contribution in [0.3, 0.4) is 0 Å². The van der Waals surface area contributed by atoms with Crippen molar-refractivity contribution >= 4 is 34.9 Å². The molecule has 1 heterocycles. The van der Waals surface area contributed by atoms with Gasteiger partial charge >= 0.3 is 0 Å². The second-order valence-corrected chi connectivity index (χ2v) is 11.6. The minimum Gasteiger partial charge on any atom is -0.504 e. The molecule has 0 atom stereocenters. The Morgan fingerprint density at radius 1 is 1.00 bits per heavy atom. The second-order valence-electron chi connectivity index (χ2n) is 11.2. The van der Waals surface area contributed by atoms with E-state index in [2.05, 4.69) is 57.9 Å². The zero-order valence-electron chi connectivity index (χ0n) is 24.5. The number of carbonyl (C=O) groups is 2. The molecule has 1 aromatic heterocycles. The molecule has 214 valence electrons. The summed E-state index contributed by atoms with van der Waals surface area (Å²) < 4.78 is 0. The summed E-state index contributed by atoms with van der Waals surface area (Å²) in [6.07, 6.45) is 4.07. The summed E-state index contributed by atoms with van der Waals surface area (Å²) in [5.74, 6) is -0.615. The molecule has 3 rings (SSSR count). The Labute approximate surface area is 242 Å². The van der Waals surface area contributed by atoms with E-state index < -0.39 is 5.91 Å². The van der Waals surface area contributed by atoms with Crippen molar-refractivity contribution in [3.05, 3.63) is 76.4 Å². The van der Waals surface area contributed by atoms with Crippen molar-refractivity contribution in [2.75, 3.05) is 10.4 Å². The molecule has 2 aromatic carbocycles. The van der Waals surface area contributed by atoms with Crippen LogP contribution in [0.15, 0.2) is 54.7 Å². The molecule has 7 nitrogen and oxygen atoms in total. The Morgan fingerprint density at radius 2 is 1.68 bits per heavy atom. The van der Waals surface area contributed by atoms with Gasteiger partial charge in [-0.25, -0.2) is 4.98 Å². The summed E-state index contributed by atoms with van der Waals surface area (Å²) in [5, 5.41) is 14.8. The van der Waals surface area contributed by atoms with Crippen molar-refractivity contribution in [1.29, 1.82) is 0 Å². The Balaban J connectivity index is 2.00. The Morgan fingerprint density at radius 3 is 2.27 bits per heavy atom. The van der Waals surface area contributed by atoms with Crippen molar-refractivity contribution < 1.29 is 19.5 Å². The number of nitrogens with one attached hydrogen (secondary N) is 1. The molecule has 2 N–H and O–H groups in total. The number of pyridine rings is 1. The highest BCUT2D eigenvalue weighted by atomic mass is 35.5. The fourth-order valence-corrected chi connectivity index (χ4v) is 4.31. The number of aromatic nitrogens is 1. The normalized spacial score (nSPS) is 11.7. The summed E-state index contributed by atoms with van der Waals surface area (Å²) in [5.41, 5.74) is 2.44. The molecule has 40 heavy (non-hydrogen) atoms. The molecule has 0 radical (unpaired) electrons. The molecule has 0 bridgehead atoms. The number of hydroxylamine groups is 1. The lowest BCUT2D eigenvalue weighted by Gasteiger charge is -2.32. The van der Waals surface area contributed by atoms with Crippen LogP contribution in [0.1, 0.15) is 95.6 Å². The number of anilines is 2. The molecule has 0 saturated heterocycles. The number of hydrogen-bond donors (Lipinski definition) is 2. The van der Waals surface area contributed by atoms with Crippen LogP contribution in [-0.2, 0) is 15.6 Å². The number of nitrogens with zero attached hydrogens (tertiary/aromatic N) is 2. The minimum atomic E-state index is -0.516. The minimum absolute atomic E-state index is 0.0191. The van der Waals surface area contributed by atoms with E-state index in [-0.39, 0.29) is 51.0 Å². The second kappa shape index (κ2) is 12.7. The van der Waals surface area contributed by atoms with Crippen molar-refractivity contribution in [3.8, 4) is 11.5 Å². The first-order valence-corrected chi connectivity index (χ1v) is 14.1. The van der Waals surface area contributed by atoms with Crippen LogP contribution in [0, 0.1) is 0 Å². The lowest BCUT2D eigenvalue weighted by atomic mass is 9.76. The van der Waals surface area contributed by atoms with Gasteiger partial charge in [0.25, 0.3) is 11.8 Å². The third-order valence-electron chi connectivity index (χ3n) is 7.58. The number of carbonyl (C=O) groups excluding carboxylic acids is 2. The van der Waals surface area contributed by atoms with Crippen molar-refractivity contribution in [3.63, 3.8) is 0 Å². The summed E-state index contributed by atoms with van der Waals surface area (Å²) >= 11 is 6.13. The zero-order valence-corrected chi connectivity index (χ0v) is 25.2. The van der Waals surface area contributed by atoms with Gasteiger partial charge in [-0.15, -0.1) is 5.06 Å². The van der Waals surface area contributed by atoms with Crippen LogP contribution >= 0.6 is 11.6 Å². The van der Waals surface area contributed by atoms with E-state index in [1.54, 1.807) is 24.3 Å². The van der Waals surface area contributed by atoms with E-state index in [0.29, 0.717) is 12.2 Å². The van der Waals surface area contributed by atoms with E-state index in [0.717, 1.165) is 18.4 Å². The molecule has 2 amide bonds. The highest BCUT2D eigenvalue weighted by molar-refractivity contribution is 6.34. The van der Waals surface area contributed by atoms with Crippen LogP contribution in [0.25, 0.3) is 0 Å². The van der Waals surface area contributed by atoms with Gasteiger partial charge in [0.15, 0.2) is 17.3 Å². The molecular weight excluding hydrogens is 526 g/mol. The van der Waals surface area contributed by atoms with Gasteiger partial charge in [-0.05, 0) is 53.9 Å². The molecule has 0 fully saturated rings. The average Bonchev–Trinajstić information content (AvgIpc) is 2.93. The van der Waals surface area contributed by atoms with Gasteiger partial charge in [0.05, 0.1) is 16.8 Å². The Bertz CT molecular complexity index is 1370. The topological polar surface area (TPSA) is 91.8 Å². The standard InChI is InChI=1S/C32H40ClN3O4/c1-8-13-28(38)36(40-27-17-16-21(31(4,5)9-2)18-24(27)32(6,7)10-3)22-19-26(37)29(34-20-22)35-30(39)23-14-11-12-15-25(23)33/h11-12,14-20,37H,8-10,13H2,1-7H3,(H,34,35,39). The number of halogens is 1. The third kappa shape index (κ3) is 6.94. The summed E-state index contributed by atoms with van der Waals surface area (Å²) in [6, 6.07) is 14.1. The average molecular weight is 566 g/mol. The predicted molar refractivity (Wildman–Crippen MR) is 161 cm³/mol. The monoisotopic (exact) mass is 565 g/mol. The number of benzene rings is 2. The number of hydrogen-bond acceptors (Lipinski definition) is 5. The van der Waals surface area contributed by atoms with E-state index in [4.69, 9.17) is 16.4 Å². The van der Waals surface area contributed by atoms with Gasteiger partial charge in [-0.1, -0.05) is 84.3 Å². The van der Waals surface area contributed by atoms with E-state index >= 15 is 0 Å². The molecule has 0 aliphatic heterocycles. The quantitative estimate of drug-likeness (QED) is 0.229. The van der Waals surface area contributed by atoms with Crippen LogP contribution in [0.4, 0.5) is 11.5 Å².